The van der Waals surface area contributed by atoms with E-state index in [-0.39, 0.29) is 5.56 Å². The van der Waals surface area contributed by atoms with Gasteiger partial charge in [0, 0.05) is 18.3 Å². The highest BCUT2D eigenvalue weighted by Crippen LogP contribution is 2.20. The molecule has 1 N–H and O–H groups in total. The van der Waals surface area contributed by atoms with Crippen LogP contribution in [0.1, 0.15) is 29.1 Å². The third-order valence-electron chi connectivity index (χ3n) is 4.13. The van der Waals surface area contributed by atoms with Gasteiger partial charge >= 0.3 is 0 Å². The lowest BCUT2D eigenvalue weighted by atomic mass is 10.1. The minimum Gasteiger partial charge on any atom is -0.301 e. The molecule has 0 fully saturated rings. The largest absolute Gasteiger partial charge is 0.301 e. The first-order valence-corrected chi connectivity index (χ1v) is 10.1. The standard InChI is InChI=1S/C16H22N6OS2/c1-10-13(11(2)19-18-10)6-5-7-21(3)9-12-8-14(23)22-15(17-12)25-16(20-22)24-4/h8H,5-7,9H2,1-4H3,(H,18,19). The zero-order valence-electron chi connectivity index (χ0n) is 14.9. The van der Waals surface area contributed by atoms with E-state index < -0.39 is 0 Å². The molecule has 7 nitrogen and oxygen atoms in total. The fraction of sp³-hybridized carbons (Fsp3) is 0.500. The summed E-state index contributed by atoms with van der Waals surface area (Å²) in [6, 6.07) is 1.58. The van der Waals surface area contributed by atoms with E-state index in [2.05, 4.69) is 39.2 Å². The van der Waals surface area contributed by atoms with Crippen molar-refractivity contribution in [2.75, 3.05) is 19.8 Å². The number of aryl methyl sites for hydroxylation is 2. The maximum atomic E-state index is 12.2. The molecule has 25 heavy (non-hydrogen) atoms. The summed E-state index contributed by atoms with van der Waals surface area (Å²) in [5, 5.41) is 11.5. The lowest BCUT2D eigenvalue weighted by Gasteiger charge is -2.15. The molecule has 0 saturated carbocycles. The van der Waals surface area contributed by atoms with Crippen LogP contribution in [0.2, 0.25) is 0 Å². The monoisotopic (exact) mass is 378 g/mol. The SMILES string of the molecule is CSc1nn2c(=O)cc(CN(C)CCCc3c(C)n[nH]c3C)nc2s1. The highest BCUT2D eigenvalue weighted by Gasteiger charge is 2.11. The molecule has 0 aliphatic heterocycles. The van der Waals surface area contributed by atoms with E-state index in [9.17, 15) is 4.79 Å². The molecule has 0 atom stereocenters. The van der Waals surface area contributed by atoms with Crippen LogP contribution in [-0.2, 0) is 13.0 Å². The molecule has 3 aromatic heterocycles. The van der Waals surface area contributed by atoms with Crippen LogP contribution < -0.4 is 5.56 Å². The van der Waals surface area contributed by atoms with Gasteiger partial charge in [-0.05, 0) is 52.1 Å². The second-order valence-corrected chi connectivity index (χ2v) is 8.12. The van der Waals surface area contributed by atoms with Crippen molar-refractivity contribution in [2.24, 2.45) is 0 Å². The van der Waals surface area contributed by atoms with Gasteiger partial charge < -0.3 is 4.90 Å². The Bertz CT molecular complexity index is 909. The van der Waals surface area contributed by atoms with Gasteiger partial charge in [0.2, 0.25) is 4.96 Å². The van der Waals surface area contributed by atoms with Gasteiger partial charge in [-0.3, -0.25) is 9.89 Å². The number of nitrogens with zero attached hydrogens (tertiary/aromatic N) is 5. The van der Waals surface area contributed by atoms with Crippen molar-refractivity contribution in [1.82, 2.24) is 29.7 Å². The summed E-state index contributed by atoms with van der Waals surface area (Å²) in [6.45, 7) is 5.68. The van der Waals surface area contributed by atoms with Gasteiger partial charge in [-0.15, -0.1) is 5.10 Å². The van der Waals surface area contributed by atoms with Crippen molar-refractivity contribution in [3.8, 4) is 0 Å². The first kappa shape index (κ1) is 18.1. The number of H-pyrrole nitrogens is 1. The molecule has 9 heteroatoms. The zero-order chi connectivity index (χ0) is 18.0. The van der Waals surface area contributed by atoms with E-state index in [1.165, 1.54) is 33.2 Å². The van der Waals surface area contributed by atoms with E-state index in [0.29, 0.717) is 11.5 Å². The van der Waals surface area contributed by atoms with Crippen molar-refractivity contribution in [3.05, 3.63) is 39.1 Å². The van der Waals surface area contributed by atoms with Crippen molar-refractivity contribution in [3.63, 3.8) is 0 Å². The molecule has 0 saturated heterocycles. The quantitative estimate of drug-likeness (QED) is 0.636. The van der Waals surface area contributed by atoms with Crippen molar-refractivity contribution >= 4 is 28.1 Å². The molecule has 0 amide bonds. The average Bonchev–Trinajstić information content (AvgIpc) is 3.12. The van der Waals surface area contributed by atoms with Crippen LogP contribution in [0.15, 0.2) is 15.2 Å². The molecular weight excluding hydrogens is 356 g/mol. The van der Waals surface area contributed by atoms with E-state index in [1.54, 1.807) is 6.07 Å². The van der Waals surface area contributed by atoms with Crippen LogP contribution in [0.3, 0.4) is 0 Å². The summed E-state index contributed by atoms with van der Waals surface area (Å²) in [7, 11) is 2.05. The van der Waals surface area contributed by atoms with Crippen LogP contribution in [0.25, 0.3) is 4.96 Å². The Morgan fingerprint density at radius 3 is 2.88 bits per heavy atom. The van der Waals surface area contributed by atoms with E-state index in [0.717, 1.165) is 40.8 Å². The van der Waals surface area contributed by atoms with E-state index in [1.807, 2.05) is 13.2 Å². The number of fused-ring (bicyclic) bond motifs is 1. The van der Waals surface area contributed by atoms with Gasteiger partial charge in [0.25, 0.3) is 5.56 Å². The summed E-state index contributed by atoms with van der Waals surface area (Å²) in [4.78, 5) is 19.6. The van der Waals surface area contributed by atoms with Gasteiger partial charge in [0.15, 0.2) is 4.34 Å². The lowest BCUT2D eigenvalue weighted by molar-refractivity contribution is 0.318. The highest BCUT2D eigenvalue weighted by atomic mass is 32.2. The molecule has 0 bridgehead atoms. The van der Waals surface area contributed by atoms with E-state index in [4.69, 9.17) is 0 Å². The second kappa shape index (κ2) is 7.67. The Kier molecular flexibility index (Phi) is 5.55. The summed E-state index contributed by atoms with van der Waals surface area (Å²) in [6.07, 6.45) is 3.98. The molecule has 0 spiro atoms. The molecule has 3 rings (SSSR count). The van der Waals surface area contributed by atoms with Gasteiger partial charge in [-0.2, -0.15) is 9.61 Å². The summed E-state index contributed by atoms with van der Waals surface area (Å²) in [5.41, 5.74) is 4.21. The van der Waals surface area contributed by atoms with Crippen molar-refractivity contribution < 1.29 is 0 Å². The Labute approximate surface area is 154 Å². The molecule has 0 aliphatic rings. The number of nitrogens with one attached hydrogen (secondary N) is 1. The second-order valence-electron chi connectivity index (χ2n) is 6.11. The predicted molar refractivity (Wildman–Crippen MR) is 102 cm³/mol. The Hall–Kier alpha value is -1.71. The number of aromatic amines is 1. The minimum atomic E-state index is -0.116. The molecule has 0 unspecified atom stereocenters. The minimum absolute atomic E-state index is 0.116. The highest BCUT2D eigenvalue weighted by molar-refractivity contribution is 8.00. The molecule has 134 valence electrons. The maximum Gasteiger partial charge on any atom is 0.275 e. The molecule has 0 aromatic carbocycles. The number of thioether (sulfide) groups is 1. The first-order chi connectivity index (χ1) is 12.0. The van der Waals surface area contributed by atoms with Crippen LogP contribution in [0.5, 0.6) is 0 Å². The third kappa shape index (κ3) is 4.10. The number of hydrogen-bond acceptors (Lipinski definition) is 7. The summed E-state index contributed by atoms with van der Waals surface area (Å²) < 4.78 is 2.23. The Morgan fingerprint density at radius 2 is 2.20 bits per heavy atom. The van der Waals surface area contributed by atoms with Crippen LogP contribution in [0, 0.1) is 13.8 Å². The fourth-order valence-corrected chi connectivity index (χ4v) is 4.21. The van der Waals surface area contributed by atoms with Crippen LogP contribution in [0.4, 0.5) is 0 Å². The van der Waals surface area contributed by atoms with Crippen LogP contribution in [-0.4, -0.2) is 49.5 Å². The third-order valence-corrected chi connectivity index (χ3v) is 6.02. The maximum absolute atomic E-state index is 12.2. The molecule has 0 aliphatic carbocycles. The zero-order valence-corrected chi connectivity index (χ0v) is 16.5. The molecule has 0 radical (unpaired) electrons. The van der Waals surface area contributed by atoms with Crippen molar-refractivity contribution in [2.45, 2.75) is 37.6 Å². The summed E-state index contributed by atoms with van der Waals surface area (Å²) in [5.74, 6) is 0. The first-order valence-electron chi connectivity index (χ1n) is 8.10. The van der Waals surface area contributed by atoms with Gasteiger partial charge in [0.05, 0.1) is 11.4 Å². The topological polar surface area (TPSA) is 79.2 Å². The molecule has 3 aromatic rings. The summed E-state index contributed by atoms with van der Waals surface area (Å²) >= 11 is 2.97. The predicted octanol–water partition coefficient (Wildman–Crippen LogP) is 2.28. The average molecular weight is 379 g/mol. The smallest absolute Gasteiger partial charge is 0.275 e. The number of rotatable bonds is 7. The molecule has 3 heterocycles. The van der Waals surface area contributed by atoms with E-state index >= 15 is 0 Å². The Balaban J connectivity index is 1.61. The number of hydrogen-bond donors (Lipinski definition) is 1. The van der Waals surface area contributed by atoms with Gasteiger partial charge in [-0.25, -0.2) is 4.98 Å². The fourth-order valence-electron chi connectivity index (χ4n) is 2.83. The normalized spacial score (nSPS) is 11.7. The lowest BCUT2D eigenvalue weighted by Crippen LogP contribution is -2.23. The number of aromatic nitrogens is 5. The Morgan fingerprint density at radius 1 is 1.40 bits per heavy atom. The van der Waals surface area contributed by atoms with Gasteiger partial charge in [0.1, 0.15) is 0 Å². The van der Waals surface area contributed by atoms with Crippen LogP contribution >= 0.6 is 23.1 Å². The molecular formula is C16H22N6OS2. The van der Waals surface area contributed by atoms with Gasteiger partial charge in [-0.1, -0.05) is 23.1 Å². The van der Waals surface area contributed by atoms with Crippen molar-refractivity contribution in [1.29, 1.82) is 0 Å².